The molecular formula is C32H51N3O7. The molecule has 42 heavy (non-hydrogen) atoms. The van der Waals surface area contributed by atoms with Gasteiger partial charge in [-0.3, -0.25) is 19.2 Å². The zero-order valence-electron chi connectivity index (χ0n) is 26.3. The fraction of sp³-hybridized carbons (Fsp3) is 0.750. The van der Waals surface area contributed by atoms with E-state index >= 15 is 0 Å². The number of aliphatic hydroxyl groups is 1. The molecule has 0 aliphatic carbocycles. The van der Waals surface area contributed by atoms with E-state index in [1.807, 2.05) is 13.8 Å². The summed E-state index contributed by atoms with van der Waals surface area (Å²) >= 11 is 0. The third kappa shape index (κ3) is 6.91. The van der Waals surface area contributed by atoms with Crippen LogP contribution in [0, 0.1) is 17.3 Å². The van der Waals surface area contributed by atoms with Crippen molar-refractivity contribution >= 4 is 23.7 Å². The fourth-order valence-electron chi connectivity index (χ4n) is 7.38. The molecule has 2 N–H and O–H groups in total. The Morgan fingerprint density at radius 1 is 1.24 bits per heavy atom. The largest absolute Gasteiger partial charge is 0.460 e. The van der Waals surface area contributed by atoms with Gasteiger partial charge in [-0.2, -0.15) is 0 Å². The molecule has 3 heterocycles. The molecule has 1 spiro atoms. The van der Waals surface area contributed by atoms with E-state index in [1.54, 1.807) is 24.0 Å². The Labute approximate surface area is 250 Å². The van der Waals surface area contributed by atoms with Crippen LogP contribution in [0.1, 0.15) is 80.1 Å². The molecular weight excluding hydrogens is 538 g/mol. The number of likely N-dealkylation sites (tertiary alicyclic amines) is 1. The van der Waals surface area contributed by atoms with E-state index in [2.05, 4.69) is 39.2 Å². The number of nitrogens with one attached hydrogen (secondary N) is 1. The SMILES string of the molecule is C=CCCC(=O)NC[C@@H](C)OC(=O)[C@@H]1[C@@H]2CC[C@]3(O2)[C@H](C(=O)N(CC=C)C(C)(C)CC(C)(C)C)N(CCCO)C(=O)[C@@H]13. The Morgan fingerprint density at radius 3 is 2.52 bits per heavy atom. The lowest BCUT2D eigenvalue weighted by Crippen LogP contribution is -2.61. The molecule has 0 aromatic heterocycles. The van der Waals surface area contributed by atoms with Crippen LogP contribution in [0.2, 0.25) is 0 Å². The lowest BCUT2D eigenvalue weighted by Gasteiger charge is -2.45. The molecule has 0 unspecified atom stereocenters. The van der Waals surface area contributed by atoms with Gasteiger partial charge in [0.05, 0.1) is 24.5 Å². The molecule has 6 atom stereocenters. The standard InChI is InChI=1S/C32H51N3O7/c1-9-11-13-23(37)33-19-21(3)41-29(40)24-22-14-15-32(42-22)25(24)27(38)34(17-12-18-36)26(32)28(39)35(16-10-2)31(7,8)20-30(4,5)6/h9-10,21-22,24-26,36H,1-2,11-20H2,3-8H3,(H,33,37)/t21-,22+,24-,25-,26+,32-/m1/s1. The Kier molecular flexibility index (Phi) is 10.7. The van der Waals surface area contributed by atoms with Gasteiger partial charge in [0, 0.05) is 31.7 Å². The first-order valence-electron chi connectivity index (χ1n) is 15.2. The van der Waals surface area contributed by atoms with Crippen LogP contribution in [0.15, 0.2) is 25.3 Å². The molecule has 0 saturated carbocycles. The van der Waals surface area contributed by atoms with Crippen LogP contribution in [-0.2, 0) is 28.7 Å². The lowest BCUT2D eigenvalue weighted by molar-refractivity contribution is -0.159. The number of aliphatic hydroxyl groups excluding tert-OH is 1. The van der Waals surface area contributed by atoms with Crippen LogP contribution in [0.3, 0.4) is 0 Å². The normalized spacial score (nSPS) is 27.4. The van der Waals surface area contributed by atoms with E-state index in [9.17, 15) is 24.3 Å². The number of hydrogen-bond acceptors (Lipinski definition) is 7. The molecule has 10 heteroatoms. The van der Waals surface area contributed by atoms with Gasteiger partial charge in [0.25, 0.3) is 0 Å². The van der Waals surface area contributed by atoms with E-state index in [-0.39, 0.29) is 42.8 Å². The predicted octanol–water partition coefficient (Wildman–Crippen LogP) is 2.99. The summed E-state index contributed by atoms with van der Waals surface area (Å²) in [4.78, 5) is 57.5. The fourth-order valence-corrected chi connectivity index (χ4v) is 7.38. The second-order valence-electron chi connectivity index (χ2n) is 13.8. The number of esters is 1. The average molecular weight is 590 g/mol. The second-order valence-corrected chi connectivity index (χ2v) is 13.8. The van der Waals surface area contributed by atoms with E-state index < -0.39 is 47.2 Å². The zero-order chi connectivity index (χ0) is 31.5. The van der Waals surface area contributed by atoms with Gasteiger partial charge < -0.3 is 29.7 Å². The van der Waals surface area contributed by atoms with Crippen LogP contribution in [0.5, 0.6) is 0 Å². The highest BCUT2D eigenvalue weighted by molar-refractivity contribution is 5.98. The van der Waals surface area contributed by atoms with Crippen molar-refractivity contribution in [1.29, 1.82) is 0 Å². The number of ether oxygens (including phenoxy) is 2. The van der Waals surface area contributed by atoms with Gasteiger partial charge in [-0.15, -0.1) is 13.2 Å². The van der Waals surface area contributed by atoms with Crippen LogP contribution < -0.4 is 5.32 Å². The number of fused-ring (bicyclic) bond motifs is 1. The molecule has 2 bridgehead atoms. The Morgan fingerprint density at radius 2 is 1.93 bits per heavy atom. The highest BCUT2D eigenvalue weighted by Gasteiger charge is 2.75. The first kappa shape index (κ1) is 33.8. The van der Waals surface area contributed by atoms with Crippen LogP contribution in [0.25, 0.3) is 0 Å². The smallest absolute Gasteiger partial charge is 0.312 e. The van der Waals surface area contributed by atoms with Crippen molar-refractivity contribution in [3.05, 3.63) is 25.3 Å². The van der Waals surface area contributed by atoms with Crippen molar-refractivity contribution in [3.8, 4) is 0 Å². The number of hydrogen-bond donors (Lipinski definition) is 2. The maximum atomic E-state index is 14.6. The van der Waals surface area contributed by atoms with Crippen molar-refractivity contribution in [2.75, 3.05) is 26.2 Å². The number of rotatable bonds is 15. The van der Waals surface area contributed by atoms with Crippen molar-refractivity contribution in [2.24, 2.45) is 17.3 Å². The van der Waals surface area contributed by atoms with Crippen molar-refractivity contribution in [1.82, 2.24) is 15.1 Å². The van der Waals surface area contributed by atoms with Crippen LogP contribution in [-0.4, -0.2) is 94.2 Å². The minimum absolute atomic E-state index is 0.0644. The second kappa shape index (κ2) is 13.3. The molecule has 0 aromatic rings. The highest BCUT2D eigenvalue weighted by atomic mass is 16.6. The quantitative estimate of drug-likeness (QED) is 0.222. The molecule has 3 rings (SSSR count). The minimum atomic E-state index is -1.16. The summed E-state index contributed by atoms with van der Waals surface area (Å²) < 4.78 is 12.2. The van der Waals surface area contributed by atoms with Crippen molar-refractivity contribution < 1.29 is 33.8 Å². The summed E-state index contributed by atoms with van der Waals surface area (Å²) in [5, 5.41) is 12.4. The topological polar surface area (TPSA) is 125 Å². The molecule has 3 aliphatic rings. The predicted molar refractivity (Wildman–Crippen MR) is 159 cm³/mol. The first-order valence-corrected chi connectivity index (χ1v) is 15.2. The molecule has 10 nitrogen and oxygen atoms in total. The number of nitrogens with zero attached hydrogens (tertiary/aromatic N) is 2. The summed E-state index contributed by atoms with van der Waals surface area (Å²) in [6.07, 6.45) is 5.08. The van der Waals surface area contributed by atoms with E-state index in [1.165, 1.54) is 4.90 Å². The van der Waals surface area contributed by atoms with Crippen molar-refractivity contribution in [3.63, 3.8) is 0 Å². The maximum absolute atomic E-state index is 14.6. The number of carbonyl (C=O) groups is 4. The van der Waals surface area contributed by atoms with Gasteiger partial charge in [0.2, 0.25) is 17.7 Å². The Hall–Kier alpha value is -2.72. The van der Waals surface area contributed by atoms with Crippen LogP contribution in [0.4, 0.5) is 0 Å². The van der Waals surface area contributed by atoms with Gasteiger partial charge in [0.15, 0.2) is 0 Å². The third-order valence-corrected chi connectivity index (χ3v) is 8.61. The lowest BCUT2D eigenvalue weighted by atomic mass is 9.70. The van der Waals surface area contributed by atoms with Crippen LogP contribution >= 0.6 is 0 Å². The first-order chi connectivity index (χ1) is 19.6. The summed E-state index contributed by atoms with van der Waals surface area (Å²) in [6, 6.07) is -0.926. The number of carbonyl (C=O) groups excluding carboxylic acids is 4. The number of amides is 3. The van der Waals surface area contributed by atoms with Gasteiger partial charge in [-0.05, 0) is 58.3 Å². The molecule has 0 radical (unpaired) electrons. The third-order valence-electron chi connectivity index (χ3n) is 8.61. The Bertz CT molecular complexity index is 1050. The minimum Gasteiger partial charge on any atom is -0.460 e. The van der Waals surface area contributed by atoms with Gasteiger partial charge >= 0.3 is 5.97 Å². The summed E-state index contributed by atoms with van der Waals surface area (Å²) in [5.41, 5.74) is -1.77. The summed E-state index contributed by atoms with van der Waals surface area (Å²) in [6.45, 7) is 20.1. The maximum Gasteiger partial charge on any atom is 0.312 e. The van der Waals surface area contributed by atoms with Gasteiger partial charge in [-0.1, -0.05) is 32.9 Å². The Balaban J connectivity index is 1.89. The molecule has 3 fully saturated rings. The molecule has 3 amide bonds. The zero-order valence-corrected chi connectivity index (χ0v) is 26.3. The van der Waals surface area contributed by atoms with E-state index in [0.717, 1.165) is 0 Å². The highest BCUT2D eigenvalue weighted by Crippen LogP contribution is 2.59. The number of allylic oxidation sites excluding steroid dienone is 1. The van der Waals surface area contributed by atoms with E-state index in [0.29, 0.717) is 45.1 Å². The molecule has 3 aliphatic heterocycles. The molecule has 3 saturated heterocycles. The molecule has 0 aromatic carbocycles. The molecule has 236 valence electrons. The average Bonchev–Trinajstić information content (AvgIpc) is 3.53. The van der Waals surface area contributed by atoms with Gasteiger partial charge in [-0.25, -0.2) is 0 Å². The van der Waals surface area contributed by atoms with Crippen molar-refractivity contribution in [2.45, 2.75) is 109 Å². The summed E-state index contributed by atoms with van der Waals surface area (Å²) in [7, 11) is 0. The summed E-state index contributed by atoms with van der Waals surface area (Å²) in [5.74, 6) is -2.98. The van der Waals surface area contributed by atoms with Gasteiger partial charge in [0.1, 0.15) is 17.7 Å². The van der Waals surface area contributed by atoms with E-state index in [4.69, 9.17) is 9.47 Å². The monoisotopic (exact) mass is 589 g/mol.